The van der Waals surface area contributed by atoms with Crippen LogP contribution in [0.3, 0.4) is 0 Å². The van der Waals surface area contributed by atoms with Crippen molar-refractivity contribution in [1.29, 1.82) is 0 Å². The molecule has 4 rings (SSSR count). The first-order chi connectivity index (χ1) is 12.6. The number of halogens is 1. The summed E-state index contributed by atoms with van der Waals surface area (Å²) in [6.45, 7) is 2.62. The average molecular weight is 411 g/mol. The highest BCUT2D eigenvalue weighted by Crippen LogP contribution is 2.24. The van der Waals surface area contributed by atoms with Gasteiger partial charge in [-0.05, 0) is 30.2 Å². The van der Waals surface area contributed by atoms with Crippen molar-refractivity contribution in [2.75, 3.05) is 5.32 Å². The Morgan fingerprint density at radius 3 is 2.85 bits per heavy atom. The van der Waals surface area contributed by atoms with Crippen molar-refractivity contribution < 1.29 is 9.25 Å². The van der Waals surface area contributed by atoms with Crippen molar-refractivity contribution in [1.82, 2.24) is 9.73 Å². The number of anilines is 1. The molecule has 3 heterocycles. The third-order valence-corrected chi connectivity index (χ3v) is 4.80. The molecule has 4 aromatic rings. The molecule has 130 valence electrons. The minimum Gasteiger partial charge on any atom is -0.619 e. The molecule has 6 nitrogen and oxygen atoms in total. The van der Waals surface area contributed by atoms with Crippen molar-refractivity contribution >= 4 is 21.7 Å². The Labute approximate surface area is 159 Å². The predicted octanol–water partition coefficient (Wildman–Crippen LogP) is 2.90. The zero-order valence-corrected chi connectivity index (χ0v) is 15.7. The fourth-order valence-corrected chi connectivity index (χ4v) is 3.28. The molecular formula is C19H17BrN5O+. The average Bonchev–Trinajstić information content (AvgIpc) is 3.01. The molecule has 0 aliphatic carbocycles. The molecule has 0 aliphatic rings. The molecule has 0 unspecified atom stereocenters. The number of hydrogen-bond donors (Lipinski definition) is 1. The lowest BCUT2D eigenvalue weighted by molar-refractivity contribution is -0.631. The number of nitrogens with one attached hydrogen (secondary N) is 1. The van der Waals surface area contributed by atoms with Gasteiger partial charge in [-0.1, -0.05) is 24.3 Å². The third-order valence-electron chi connectivity index (χ3n) is 4.23. The fraction of sp³-hybridized carbons (Fsp3) is 0.105. The van der Waals surface area contributed by atoms with Crippen LogP contribution in [0.5, 0.6) is 0 Å². The first-order valence-electron chi connectivity index (χ1n) is 8.18. The van der Waals surface area contributed by atoms with Gasteiger partial charge < -0.3 is 10.5 Å². The SMILES string of the molecule is Cc1ccccc1-c1cc(NCc2ccc[n+]([O-])c2)n2ncc(Br)[n+]2c1. The summed E-state index contributed by atoms with van der Waals surface area (Å²) < 4.78 is 5.37. The maximum absolute atomic E-state index is 11.5. The summed E-state index contributed by atoms with van der Waals surface area (Å²) in [6, 6.07) is 14.0. The van der Waals surface area contributed by atoms with E-state index in [1.54, 1.807) is 23.1 Å². The summed E-state index contributed by atoms with van der Waals surface area (Å²) in [7, 11) is 0. The second-order valence-corrected chi connectivity index (χ2v) is 6.87. The number of aromatic nitrogens is 4. The fourth-order valence-electron chi connectivity index (χ4n) is 2.94. The van der Waals surface area contributed by atoms with E-state index in [2.05, 4.69) is 51.5 Å². The van der Waals surface area contributed by atoms with Crippen LogP contribution < -0.4 is 14.6 Å². The first kappa shape index (κ1) is 16.5. The number of pyridine rings is 1. The Balaban J connectivity index is 1.77. The topological polar surface area (TPSA) is 60.4 Å². The van der Waals surface area contributed by atoms with Crippen LogP contribution in [0.15, 0.2) is 71.9 Å². The van der Waals surface area contributed by atoms with Gasteiger partial charge in [0.1, 0.15) is 6.20 Å². The van der Waals surface area contributed by atoms with E-state index in [1.807, 2.05) is 28.9 Å². The molecule has 0 saturated heterocycles. The molecule has 1 N–H and O–H groups in total. The van der Waals surface area contributed by atoms with Crippen LogP contribution >= 0.6 is 15.9 Å². The summed E-state index contributed by atoms with van der Waals surface area (Å²) in [5, 5.41) is 19.2. The molecule has 26 heavy (non-hydrogen) atoms. The van der Waals surface area contributed by atoms with Gasteiger partial charge in [0.05, 0.1) is 0 Å². The van der Waals surface area contributed by atoms with Gasteiger partial charge in [-0.3, -0.25) is 0 Å². The van der Waals surface area contributed by atoms with Crippen LogP contribution in [0.1, 0.15) is 11.1 Å². The predicted molar refractivity (Wildman–Crippen MR) is 101 cm³/mol. The van der Waals surface area contributed by atoms with E-state index in [0.29, 0.717) is 6.54 Å². The molecule has 1 aromatic carbocycles. The van der Waals surface area contributed by atoms with Gasteiger partial charge in [0, 0.05) is 49.4 Å². The minimum atomic E-state index is 0.521. The lowest BCUT2D eigenvalue weighted by atomic mass is 10.0. The minimum absolute atomic E-state index is 0.521. The Kier molecular flexibility index (Phi) is 4.30. The van der Waals surface area contributed by atoms with E-state index in [-0.39, 0.29) is 0 Å². The molecule has 0 atom stereocenters. The number of rotatable bonds is 4. The van der Waals surface area contributed by atoms with Crippen LogP contribution in [-0.2, 0) is 6.54 Å². The van der Waals surface area contributed by atoms with Gasteiger partial charge in [0.15, 0.2) is 18.2 Å². The Hall–Kier alpha value is -2.93. The largest absolute Gasteiger partial charge is 0.619 e. The third kappa shape index (κ3) is 3.13. The number of fused-ring (bicyclic) bond motifs is 1. The second-order valence-electron chi connectivity index (χ2n) is 6.06. The van der Waals surface area contributed by atoms with Crippen LogP contribution in [0.25, 0.3) is 11.1 Å². The molecule has 0 amide bonds. The van der Waals surface area contributed by atoms with Crippen molar-refractivity contribution in [2.24, 2.45) is 0 Å². The zero-order chi connectivity index (χ0) is 18.1. The smallest absolute Gasteiger partial charge is 0.241 e. The summed E-state index contributed by atoms with van der Waals surface area (Å²) in [5.41, 5.74) is 4.34. The van der Waals surface area contributed by atoms with E-state index in [1.165, 1.54) is 11.8 Å². The van der Waals surface area contributed by atoms with Crippen molar-refractivity contribution in [3.05, 3.63) is 88.2 Å². The van der Waals surface area contributed by atoms with Gasteiger partial charge in [0.25, 0.3) is 0 Å². The summed E-state index contributed by atoms with van der Waals surface area (Å²) in [4.78, 5) is 0. The summed E-state index contributed by atoms with van der Waals surface area (Å²) in [5.74, 6) is 0.831. The van der Waals surface area contributed by atoms with Gasteiger partial charge in [0.2, 0.25) is 10.8 Å². The highest BCUT2D eigenvalue weighted by atomic mass is 79.9. The number of aryl methyl sites for hydroxylation is 1. The molecular weight excluding hydrogens is 394 g/mol. The van der Waals surface area contributed by atoms with Gasteiger partial charge in [-0.25, -0.2) is 0 Å². The lowest BCUT2D eigenvalue weighted by Gasteiger charge is -2.09. The highest BCUT2D eigenvalue weighted by Gasteiger charge is 2.17. The van der Waals surface area contributed by atoms with Crippen molar-refractivity contribution in [3.63, 3.8) is 0 Å². The summed E-state index contributed by atoms with van der Waals surface area (Å²) >= 11 is 3.54. The maximum atomic E-state index is 11.5. The molecule has 3 aromatic heterocycles. The zero-order valence-electron chi connectivity index (χ0n) is 14.1. The number of benzene rings is 1. The highest BCUT2D eigenvalue weighted by molar-refractivity contribution is 9.10. The van der Waals surface area contributed by atoms with Crippen LogP contribution in [-0.4, -0.2) is 9.73 Å². The quantitative estimate of drug-likeness (QED) is 0.415. The monoisotopic (exact) mass is 410 g/mol. The molecule has 0 fully saturated rings. The molecule has 0 saturated carbocycles. The normalized spacial score (nSPS) is 11.0. The molecule has 0 radical (unpaired) electrons. The Morgan fingerprint density at radius 2 is 2.04 bits per heavy atom. The van der Waals surface area contributed by atoms with E-state index in [4.69, 9.17) is 0 Å². The molecule has 0 spiro atoms. The van der Waals surface area contributed by atoms with Crippen molar-refractivity contribution in [3.8, 4) is 11.1 Å². The Bertz CT molecular complexity index is 1090. The molecule has 0 aliphatic heterocycles. The standard InChI is InChI=1S/C19H17BrN5O/c1-14-5-2-3-7-17(14)16-9-19(25-22-11-18(20)24(25)13-16)21-10-15-6-4-8-23(26)12-15/h2-9,11-13,21H,10H2,1H3/q+1. The first-order valence-corrected chi connectivity index (χ1v) is 8.98. The Morgan fingerprint density at radius 1 is 1.19 bits per heavy atom. The van der Waals surface area contributed by atoms with Gasteiger partial charge >= 0.3 is 0 Å². The van der Waals surface area contributed by atoms with Crippen LogP contribution in [0.4, 0.5) is 5.82 Å². The molecule has 7 heteroatoms. The summed E-state index contributed by atoms with van der Waals surface area (Å²) in [6.07, 6.45) is 6.82. The van der Waals surface area contributed by atoms with E-state index in [0.717, 1.165) is 31.8 Å². The maximum Gasteiger partial charge on any atom is 0.241 e. The lowest BCUT2D eigenvalue weighted by Crippen LogP contribution is -2.31. The number of hydrogen-bond acceptors (Lipinski definition) is 3. The molecule has 0 bridgehead atoms. The van der Waals surface area contributed by atoms with E-state index in [9.17, 15) is 5.21 Å². The van der Waals surface area contributed by atoms with Crippen LogP contribution in [0.2, 0.25) is 0 Å². The van der Waals surface area contributed by atoms with E-state index >= 15 is 0 Å². The van der Waals surface area contributed by atoms with Gasteiger partial charge in [-0.2, -0.15) is 4.73 Å². The van der Waals surface area contributed by atoms with Gasteiger partial charge in [-0.15, -0.1) is 4.52 Å². The van der Waals surface area contributed by atoms with Crippen LogP contribution in [0, 0.1) is 12.1 Å². The number of nitrogens with zero attached hydrogens (tertiary/aromatic N) is 4. The van der Waals surface area contributed by atoms with E-state index < -0.39 is 0 Å². The van der Waals surface area contributed by atoms with Crippen molar-refractivity contribution in [2.45, 2.75) is 13.5 Å². The second kappa shape index (κ2) is 6.76.